The van der Waals surface area contributed by atoms with Gasteiger partial charge in [-0.05, 0) is 47.5 Å². The third kappa shape index (κ3) is 5.17. The van der Waals surface area contributed by atoms with Crippen LogP contribution in [0.25, 0.3) is 0 Å². The van der Waals surface area contributed by atoms with Crippen molar-refractivity contribution < 1.29 is 8.42 Å². The Balaban J connectivity index is 1.79. The first-order valence-corrected chi connectivity index (χ1v) is 11.1. The van der Waals surface area contributed by atoms with E-state index < -0.39 is 9.84 Å². The van der Waals surface area contributed by atoms with Crippen LogP contribution in [0.3, 0.4) is 0 Å². The molecule has 2 aromatic carbocycles. The number of benzene rings is 2. The Morgan fingerprint density at radius 2 is 1.81 bits per heavy atom. The van der Waals surface area contributed by atoms with E-state index in [1.807, 2.05) is 47.4 Å². The van der Waals surface area contributed by atoms with Crippen molar-refractivity contribution >= 4 is 32.9 Å². The van der Waals surface area contributed by atoms with Crippen molar-refractivity contribution in [2.45, 2.75) is 32.4 Å². The lowest BCUT2D eigenvalue weighted by atomic mass is 10.0. The molecule has 142 valence electrons. The van der Waals surface area contributed by atoms with Gasteiger partial charge in [-0.1, -0.05) is 56.3 Å². The van der Waals surface area contributed by atoms with Gasteiger partial charge < -0.3 is 10.2 Å². The monoisotopic (exact) mass is 400 g/mol. The lowest BCUT2D eigenvalue weighted by molar-refractivity contribution is 0.380. The van der Waals surface area contributed by atoms with Gasteiger partial charge in [-0.3, -0.25) is 0 Å². The van der Waals surface area contributed by atoms with E-state index in [0.29, 0.717) is 17.6 Å². The molecule has 1 atom stereocenters. The van der Waals surface area contributed by atoms with E-state index in [2.05, 4.69) is 31.3 Å². The van der Waals surface area contributed by atoms with Crippen LogP contribution in [-0.2, 0) is 16.4 Å². The summed E-state index contributed by atoms with van der Waals surface area (Å²) in [6.07, 6.45) is 1.72. The normalized spacial score (nSPS) is 17.8. The van der Waals surface area contributed by atoms with Crippen LogP contribution in [0.5, 0.6) is 0 Å². The maximum absolute atomic E-state index is 11.9. The third-order valence-corrected chi connectivity index (χ3v) is 6.31. The number of sulfone groups is 1. The summed E-state index contributed by atoms with van der Waals surface area (Å²) < 4.78 is 23.8. The number of anilines is 1. The molecule has 2 aromatic rings. The van der Waals surface area contributed by atoms with E-state index in [1.54, 1.807) is 6.08 Å². The van der Waals surface area contributed by atoms with Crippen LogP contribution in [0.1, 0.15) is 30.9 Å². The Bertz CT molecular complexity index is 920. The third-order valence-electron chi connectivity index (χ3n) is 4.60. The zero-order chi connectivity index (χ0) is 19.4. The number of rotatable bonds is 5. The van der Waals surface area contributed by atoms with E-state index in [1.165, 1.54) is 11.0 Å². The predicted octanol–water partition coefficient (Wildman–Crippen LogP) is 4.32. The minimum Gasteiger partial charge on any atom is -0.337 e. The van der Waals surface area contributed by atoms with Gasteiger partial charge in [0.15, 0.2) is 14.9 Å². The molecule has 0 bridgehead atoms. The highest BCUT2D eigenvalue weighted by molar-refractivity contribution is 7.94. The Kier molecular flexibility index (Phi) is 5.97. The molecule has 6 heteroatoms. The first-order chi connectivity index (χ1) is 12.8. The molecule has 1 N–H and O–H groups in total. The summed E-state index contributed by atoms with van der Waals surface area (Å²) in [4.78, 5) is 1.93. The van der Waals surface area contributed by atoms with Crippen LogP contribution in [0.4, 0.5) is 5.69 Å². The summed E-state index contributed by atoms with van der Waals surface area (Å²) in [6, 6.07) is 17.8. The van der Waals surface area contributed by atoms with Crippen LogP contribution in [-0.4, -0.2) is 30.2 Å². The Labute approximate surface area is 166 Å². The van der Waals surface area contributed by atoms with E-state index in [0.717, 1.165) is 11.3 Å². The molecule has 1 heterocycles. The fourth-order valence-corrected chi connectivity index (χ4v) is 4.64. The highest BCUT2D eigenvalue weighted by Crippen LogP contribution is 2.21. The molecule has 27 heavy (non-hydrogen) atoms. The molecule has 0 aliphatic carbocycles. The molecule has 0 amide bonds. The van der Waals surface area contributed by atoms with Gasteiger partial charge in [0, 0.05) is 17.6 Å². The van der Waals surface area contributed by atoms with Crippen LogP contribution in [0, 0.1) is 0 Å². The second kappa shape index (κ2) is 8.23. The van der Waals surface area contributed by atoms with Crippen LogP contribution in [0.15, 0.2) is 66.1 Å². The summed E-state index contributed by atoms with van der Waals surface area (Å²) in [5, 5.41) is 5.07. The summed E-state index contributed by atoms with van der Waals surface area (Å²) >= 11 is 5.64. The van der Waals surface area contributed by atoms with Gasteiger partial charge in [0.25, 0.3) is 0 Å². The molecule has 0 fully saturated rings. The molecular formula is C21H24N2O2S2. The van der Waals surface area contributed by atoms with Gasteiger partial charge in [-0.25, -0.2) is 8.42 Å². The largest absolute Gasteiger partial charge is 0.337 e. The maximum Gasteiger partial charge on any atom is 0.174 e. The quantitative estimate of drug-likeness (QED) is 0.758. The summed E-state index contributed by atoms with van der Waals surface area (Å²) in [5.41, 5.74) is 3.24. The van der Waals surface area contributed by atoms with E-state index in [4.69, 9.17) is 12.2 Å². The molecule has 4 nitrogen and oxygen atoms in total. The number of nitrogens with one attached hydrogen (secondary N) is 1. The van der Waals surface area contributed by atoms with Gasteiger partial charge in [0.2, 0.25) is 0 Å². The first-order valence-electron chi connectivity index (χ1n) is 8.96. The average molecular weight is 401 g/mol. The van der Waals surface area contributed by atoms with Crippen molar-refractivity contribution in [2.24, 2.45) is 0 Å². The number of nitrogens with zero attached hydrogens (tertiary/aromatic N) is 1. The Morgan fingerprint density at radius 3 is 2.37 bits per heavy atom. The lowest BCUT2D eigenvalue weighted by Crippen LogP contribution is -2.42. The standard InChI is InChI=1S/C21H24N2O2S2/c1-16(2)18-8-10-19(11-9-18)22-21(26)23(14-17-6-4-3-5-7-17)20-12-13-27(24,25)15-20/h3-13,16,20H,14-15H2,1-2H3,(H,22,26)/t20-/m1/s1. The molecule has 0 saturated heterocycles. The highest BCUT2D eigenvalue weighted by atomic mass is 32.2. The van der Waals surface area contributed by atoms with Crippen LogP contribution < -0.4 is 5.32 Å². The summed E-state index contributed by atoms with van der Waals surface area (Å²) in [5.74, 6) is 0.517. The van der Waals surface area contributed by atoms with Gasteiger partial charge >= 0.3 is 0 Å². The van der Waals surface area contributed by atoms with Crippen molar-refractivity contribution in [3.05, 3.63) is 77.2 Å². The molecule has 3 rings (SSSR count). The topological polar surface area (TPSA) is 49.4 Å². The van der Waals surface area contributed by atoms with Gasteiger partial charge in [0.1, 0.15) is 0 Å². The minimum absolute atomic E-state index is 0.0495. The lowest BCUT2D eigenvalue weighted by Gasteiger charge is -2.30. The van der Waals surface area contributed by atoms with Crippen molar-refractivity contribution in [1.82, 2.24) is 4.90 Å². The average Bonchev–Trinajstić information content (AvgIpc) is 3.00. The molecule has 1 aliphatic rings. The second-order valence-corrected chi connectivity index (χ2v) is 9.36. The fraction of sp³-hybridized carbons (Fsp3) is 0.286. The molecule has 0 radical (unpaired) electrons. The van der Waals surface area contributed by atoms with Gasteiger partial charge in [-0.2, -0.15) is 0 Å². The highest BCUT2D eigenvalue weighted by Gasteiger charge is 2.28. The summed E-state index contributed by atoms with van der Waals surface area (Å²) in [7, 11) is -3.16. The first kappa shape index (κ1) is 19.6. The minimum atomic E-state index is -3.16. The zero-order valence-electron chi connectivity index (χ0n) is 15.5. The number of hydrogen-bond acceptors (Lipinski definition) is 3. The van der Waals surface area contributed by atoms with Crippen LogP contribution >= 0.6 is 12.2 Å². The Hall–Kier alpha value is -2.18. The second-order valence-electron chi connectivity index (χ2n) is 7.05. The van der Waals surface area contributed by atoms with Crippen molar-refractivity contribution in [3.8, 4) is 0 Å². The van der Waals surface area contributed by atoms with Gasteiger partial charge in [0.05, 0.1) is 11.8 Å². The fourth-order valence-electron chi connectivity index (χ4n) is 3.02. The predicted molar refractivity (Wildman–Crippen MR) is 115 cm³/mol. The van der Waals surface area contributed by atoms with E-state index >= 15 is 0 Å². The van der Waals surface area contributed by atoms with Crippen molar-refractivity contribution in [3.63, 3.8) is 0 Å². The molecule has 0 aromatic heterocycles. The van der Waals surface area contributed by atoms with E-state index in [-0.39, 0.29) is 11.8 Å². The summed E-state index contributed by atoms with van der Waals surface area (Å²) in [6.45, 7) is 4.85. The number of hydrogen-bond donors (Lipinski definition) is 1. The molecular weight excluding hydrogens is 376 g/mol. The van der Waals surface area contributed by atoms with Crippen molar-refractivity contribution in [2.75, 3.05) is 11.1 Å². The molecule has 0 saturated carbocycles. The number of thiocarbonyl (C=S) groups is 1. The molecule has 0 unspecified atom stereocenters. The van der Waals surface area contributed by atoms with Crippen molar-refractivity contribution in [1.29, 1.82) is 0 Å². The Morgan fingerprint density at radius 1 is 1.15 bits per heavy atom. The smallest absolute Gasteiger partial charge is 0.174 e. The molecule has 1 aliphatic heterocycles. The zero-order valence-corrected chi connectivity index (χ0v) is 17.1. The van der Waals surface area contributed by atoms with Gasteiger partial charge in [-0.15, -0.1) is 0 Å². The van der Waals surface area contributed by atoms with E-state index in [9.17, 15) is 8.42 Å². The SMILES string of the molecule is CC(C)c1ccc(NC(=S)N(Cc2ccccc2)[C@@H]2C=CS(=O)(=O)C2)cc1. The van der Waals surface area contributed by atoms with Crippen LogP contribution in [0.2, 0.25) is 0 Å². The maximum atomic E-state index is 11.9. The molecule has 0 spiro atoms.